The molecule has 7 heteroatoms. The molecule has 3 rings (SSSR count). The predicted molar refractivity (Wildman–Crippen MR) is 117 cm³/mol. The first-order valence-electron chi connectivity index (χ1n) is 9.23. The first kappa shape index (κ1) is 21.1. The number of benzene rings is 1. The molecule has 26 heavy (non-hydrogen) atoms. The molecule has 0 amide bonds. The smallest absolute Gasteiger partial charge is 0.191 e. The van der Waals surface area contributed by atoms with E-state index >= 15 is 0 Å². The fraction of sp³-hybridized carbons (Fsp3) is 0.632. The molecule has 1 aromatic rings. The number of aliphatic hydroxyl groups is 1. The normalized spacial score (nSPS) is 21.1. The van der Waals surface area contributed by atoms with Gasteiger partial charge in [-0.15, -0.1) is 24.0 Å². The van der Waals surface area contributed by atoms with Crippen LogP contribution in [0.3, 0.4) is 0 Å². The van der Waals surface area contributed by atoms with E-state index in [1.54, 1.807) is 7.11 Å². The topological polar surface area (TPSA) is 69.1 Å². The molecule has 1 saturated heterocycles. The molecule has 1 aromatic carbocycles. The van der Waals surface area contributed by atoms with Crippen LogP contribution >= 0.6 is 24.0 Å². The number of guanidine groups is 1. The van der Waals surface area contributed by atoms with E-state index in [2.05, 4.69) is 28.5 Å². The van der Waals surface area contributed by atoms with Gasteiger partial charge < -0.3 is 25.4 Å². The molecule has 1 heterocycles. The average molecular weight is 474 g/mol. The second-order valence-electron chi connectivity index (χ2n) is 7.10. The molecule has 0 aromatic heterocycles. The van der Waals surface area contributed by atoms with Gasteiger partial charge in [-0.3, -0.25) is 4.99 Å². The lowest BCUT2D eigenvalue weighted by molar-refractivity contribution is 0.217. The zero-order valence-corrected chi connectivity index (χ0v) is 18.0. The van der Waals surface area contributed by atoms with E-state index in [1.165, 1.54) is 0 Å². The van der Waals surface area contributed by atoms with Crippen LogP contribution in [0.1, 0.15) is 26.2 Å². The molecule has 1 aliphatic heterocycles. The van der Waals surface area contributed by atoms with Crippen molar-refractivity contribution in [3.8, 4) is 5.75 Å². The molecule has 0 bridgehead atoms. The van der Waals surface area contributed by atoms with Crippen molar-refractivity contribution < 1.29 is 9.84 Å². The van der Waals surface area contributed by atoms with Crippen molar-refractivity contribution in [3.05, 3.63) is 24.3 Å². The lowest BCUT2D eigenvalue weighted by Gasteiger charge is -2.22. The summed E-state index contributed by atoms with van der Waals surface area (Å²) in [6.07, 6.45) is 3.22. The summed E-state index contributed by atoms with van der Waals surface area (Å²) in [5.74, 6) is 1.77. The van der Waals surface area contributed by atoms with Crippen LogP contribution in [-0.2, 0) is 0 Å². The van der Waals surface area contributed by atoms with Gasteiger partial charge in [0.2, 0.25) is 0 Å². The number of hydrogen-bond acceptors (Lipinski definition) is 4. The van der Waals surface area contributed by atoms with Gasteiger partial charge in [0, 0.05) is 31.1 Å². The Labute approximate surface area is 173 Å². The zero-order valence-electron chi connectivity index (χ0n) is 15.7. The molecule has 0 radical (unpaired) electrons. The lowest BCUT2D eigenvalue weighted by atomic mass is 10.1. The lowest BCUT2D eigenvalue weighted by Crippen LogP contribution is -2.45. The summed E-state index contributed by atoms with van der Waals surface area (Å²) >= 11 is 0. The van der Waals surface area contributed by atoms with E-state index in [-0.39, 0.29) is 36.0 Å². The molecule has 1 aliphatic carbocycles. The van der Waals surface area contributed by atoms with Gasteiger partial charge in [0.05, 0.1) is 25.9 Å². The van der Waals surface area contributed by atoms with Gasteiger partial charge in [0.25, 0.3) is 0 Å². The number of aliphatic hydroxyl groups excluding tert-OH is 1. The van der Waals surface area contributed by atoms with E-state index in [0.29, 0.717) is 12.6 Å². The van der Waals surface area contributed by atoms with Crippen LogP contribution in [0.4, 0.5) is 5.69 Å². The molecule has 2 fully saturated rings. The molecule has 2 aliphatic rings. The minimum absolute atomic E-state index is 0. The van der Waals surface area contributed by atoms with Gasteiger partial charge in [0.15, 0.2) is 5.96 Å². The van der Waals surface area contributed by atoms with E-state index in [9.17, 15) is 5.11 Å². The van der Waals surface area contributed by atoms with Crippen molar-refractivity contribution in [2.75, 3.05) is 44.8 Å². The number of anilines is 1. The Balaban J connectivity index is 0.00000243. The predicted octanol–water partition coefficient (Wildman–Crippen LogP) is 2.22. The molecular formula is C19H31IN4O2. The van der Waals surface area contributed by atoms with Crippen LogP contribution in [0.25, 0.3) is 0 Å². The summed E-state index contributed by atoms with van der Waals surface area (Å²) in [5.41, 5.74) is 1.19. The van der Waals surface area contributed by atoms with Crippen LogP contribution in [0.2, 0.25) is 0 Å². The van der Waals surface area contributed by atoms with Crippen LogP contribution in [-0.4, -0.2) is 57.0 Å². The third kappa shape index (κ3) is 5.16. The Hall–Kier alpha value is -1.22. The fourth-order valence-corrected chi connectivity index (χ4v) is 3.29. The fourth-order valence-electron chi connectivity index (χ4n) is 3.29. The van der Waals surface area contributed by atoms with Gasteiger partial charge in [-0.2, -0.15) is 0 Å². The molecule has 146 valence electrons. The Kier molecular flexibility index (Phi) is 7.82. The van der Waals surface area contributed by atoms with Crippen molar-refractivity contribution >= 4 is 35.6 Å². The summed E-state index contributed by atoms with van der Waals surface area (Å²) in [4.78, 5) is 7.06. The van der Waals surface area contributed by atoms with Crippen molar-refractivity contribution in [1.29, 1.82) is 0 Å². The Bertz CT molecular complexity index is 607. The molecule has 1 saturated carbocycles. The highest BCUT2D eigenvalue weighted by molar-refractivity contribution is 14.0. The van der Waals surface area contributed by atoms with Gasteiger partial charge in [-0.05, 0) is 38.3 Å². The number of methoxy groups -OCH3 is 1. The quantitative estimate of drug-likeness (QED) is 0.321. The monoisotopic (exact) mass is 474 g/mol. The SMILES string of the molecule is CCNC(=NCC1(CO)CC1)NC1CCN(c2ccccc2OC)C1.I. The Morgan fingerprint density at radius 3 is 2.81 bits per heavy atom. The third-order valence-corrected chi connectivity index (χ3v) is 5.16. The second kappa shape index (κ2) is 9.64. The molecule has 1 atom stereocenters. The molecular weight excluding hydrogens is 443 g/mol. The minimum Gasteiger partial charge on any atom is -0.495 e. The minimum atomic E-state index is 0. The maximum Gasteiger partial charge on any atom is 0.191 e. The summed E-state index contributed by atoms with van der Waals surface area (Å²) in [6.45, 7) is 5.77. The largest absolute Gasteiger partial charge is 0.495 e. The van der Waals surface area contributed by atoms with Crippen molar-refractivity contribution in [2.24, 2.45) is 10.4 Å². The maximum atomic E-state index is 9.47. The molecule has 0 spiro atoms. The van der Waals surface area contributed by atoms with E-state index in [4.69, 9.17) is 9.73 Å². The van der Waals surface area contributed by atoms with Crippen molar-refractivity contribution in [3.63, 3.8) is 0 Å². The highest BCUT2D eigenvalue weighted by Crippen LogP contribution is 2.45. The highest BCUT2D eigenvalue weighted by atomic mass is 127. The summed E-state index contributed by atoms with van der Waals surface area (Å²) < 4.78 is 5.49. The third-order valence-electron chi connectivity index (χ3n) is 5.16. The summed E-state index contributed by atoms with van der Waals surface area (Å²) in [6, 6.07) is 8.52. The van der Waals surface area contributed by atoms with Crippen molar-refractivity contribution in [1.82, 2.24) is 10.6 Å². The summed E-state index contributed by atoms with van der Waals surface area (Å²) in [7, 11) is 1.72. The number of nitrogens with one attached hydrogen (secondary N) is 2. The maximum absolute atomic E-state index is 9.47. The number of ether oxygens (including phenoxy) is 1. The van der Waals surface area contributed by atoms with Crippen LogP contribution in [0, 0.1) is 5.41 Å². The Morgan fingerprint density at radius 2 is 2.15 bits per heavy atom. The molecule has 3 N–H and O–H groups in total. The van der Waals surface area contributed by atoms with E-state index < -0.39 is 0 Å². The first-order valence-corrected chi connectivity index (χ1v) is 9.23. The van der Waals surface area contributed by atoms with Crippen molar-refractivity contribution in [2.45, 2.75) is 32.2 Å². The van der Waals surface area contributed by atoms with E-state index in [1.807, 2.05) is 18.2 Å². The highest BCUT2D eigenvalue weighted by Gasteiger charge is 2.41. The van der Waals surface area contributed by atoms with Gasteiger partial charge in [-0.1, -0.05) is 12.1 Å². The van der Waals surface area contributed by atoms with E-state index in [0.717, 1.165) is 56.3 Å². The second-order valence-corrected chi connectivity index (χ2v) is 7.10. The number of rotatable bonds is 7. The van der Waals surface area contributed by atoms with Crippen LogP contribution < -0.4 is 20.3 Å². The number of aliphatic imine (C=N–C) groups is 1. The first-order chi connectivity index (χ1) is 12.2. The van der Waals surface area contributed by atoms with Crippen LogP contribution in [0.5, 0.6) is 5.75 Å². The number of nitrogens with zero attached hydrogens (tertiary/aromatic N) is 2. The average Bonchev–Trinajstić information content (AvgIpc) is 3.29. The Morgan fingerprint density at radius 1 is 1.38 bits per heavy atom. The summed E-state index contributed by atoms with van der Waals surface area (Å²) in [5, 5.41) is 16.3. The zero-order chi connectivity index (χ0) is 17.7. The van der Waals surface area contributed by atoms with Gasteiger partial charge in [-0.25, -0.2) is 0 Å². The number of para-hydroxylation sites is 2. The number of halogens is 1. The number of hydrogen-bond donors (Lipinski definition) is 3. The van der Waals surface area contributed by atoms with Gasteiger partial charge >= 0.3 is 0 Å². The standard InChI is InChI=1S/C19H30N4O2.HI/c1-3-20-18(21-13-19(14-24)9-10-19)22-15-8-11-23(12-15)16-6-4-5-7-17(16)25-2;/h4-7,15,24H,3,8-14H2,1-2H3,(H2,20,21,22);1H. The molecule has 1 unspecified atom stereocenters. The van der Waals surface area contributed by atoms with Crippen LogP contribution in [0.15, 0.2) is 29.3 Å². The van der Waals surface area contributed by atoms with Gasteiger partial charge in [0.1, 0.15) is 5.75 Å². The molecule has 6 nitrogen and oxygen atoms in total.